The van der Waals surface area contributed by atoms with Gasteiger partial charge in [0.05, 0.1) is 45.8 Å². The second-order valence-electron chi connectivity index (χ2n) is 10.2. The summed E-state index contributed by atoms with van der Waals surface area (Å²) in [6.07, 6.45) is 15.1. The lowest BCUT2D eigenvalue weighted by molar-refractivity contribution is 0.112. The Kier molecular flexibility index (Phi) is 7.70. The van der Waals surface area contributed by atoms with Crippen molar-refractivity contribution in [3.05, 3.63) is 90.8 Å². The lowest BCUT2D eigenvalue weighted by Crippen LogP contribution is -2.16. The Bertz CT molecular complexity index is 1710. The van der Waals surface area contributed by atoms with Gasteiger partial charge in [-0.3, -0.25) is 4.79 Å². The summed E-state index contributed by atoms with van der Waals surface area (Å²) in [4.78, 5) is 31.1. The van der Waals surface area contributed by atoms with Crippen LogP contribution in [0.2, 0.25) is 0 Å². The molecular formula is C34H38N4O2. The van der Waals surface area contributed by atoms with E-state index in [1.165, 1.54) is 28.6 Å². The Morgan fingerprint density at radius 2 is 1.20 bits per heavy atom. The van der Waals surface area contributed by atoms with E-state index in [1.54, 1.807) is 0 Å². The molecule has 0 amide bonds. The molecule has 4 aliphatic rings. The van der Waals surface area contributed by atoms with E-state index in [0.29, 0.717) is 11.3 Å². The minimum atomic E-state index is 0.678. The highest BCUT2D eigenvalue weighted by molar-refractivity contribution is 6.25. The van der Waals surface area contributed by atoms with Gasteiger partial charge in [0.1, 0.15) is 0 Å². The first-order chi connectivity index (χ1) is 19.5. The van der Waals surface area contributed by atoms with Gasteiger partial charge in [-0.15, -0.1) is 0 Å². The van der Waals surface area contributed by atoms with E-state index in [9.17, 15) is 9.90 Å². The molecule has 0 atom stereocenters. The number of aliphatic hydroxyl groups is 1. The number of aliphatic imine (C=N–C) groups is 3. The molecular weight excluding hydrogens is 496 g/mol. The maximum Gasteiger partial charge on any atom is 0.152 e. The van der Waals surface area contributed by atoms with Gasteiger partial charge in [0.25, 0.3) is 0 Å². The van der Waals surface area contributed by atoms with E-state index < -0.39 is 0 Å². The third-order valence-electron chi connectivity index (χ3n) is 8.29. The van der Waals surface area contributed by atoms with Crippen LogP contribution in [-0.2, 0) is 6.42 Å². The summed E-state index contributed by atoms with van der Waals surface area (Å²) in [6, 6.07) is 0. The second kappa shape index (κ2) is 11.2. The van der Waals surface area contributed by atoms with E-state index >= 15 is 0 Å². The summed E-state index contributed by atoms with van der Waals surface area (Å²) in [6.45, 7) is 12.7. The highest BCUT2D eigenvalue weighted by atomic mass is 16.2. The summed E-state index contributed by atoms with van der Waals surface area (Å²) in [7, 11) is 0. The van der Waals surface area contributed by atoms with Crippen molar-refractivity contribution in [2.24, 2.45) is 15.0 Å². The number of aromatic nitrogens is 1. The normalized spacial score (nSPS) is 19.4. The first-order valence-corrected chi connectivity index (χ1v) is 14.6. The molecule has 8 bridgehead atoms. The predicted molar refractivity (Wildman–Crippen MR) is 165 cm³/mol. The number of H-pyrrole nitrogens is 1. The van der Waals surface area contributed by atoms with Crippen molar-refractivity contribution in [3.63, 3.8) is 0 Å². The average molecular weight is 535 g/mol. The lowest BCUT2D eigenvalue weighted by Gasteiger charge is -2.06. The number of allylic oxidation sites excluding steroid dienone is 8. The van der Waals surface area contributed by atoms with Gasteiger partial charge in [0, 0.05) is 16.5 Å². The Hall–Kier alpha value is -4.06. The lowest BCUT2D eigenvalue weighted by atomic mass is 9.96. The van der Waals surface area contributed by atoms with Crippen molar-refractivity contribution >= 4 is 35.6 Å². The van der Waals surface area contributed by atoms with Crippen molar-refractivity contribution in [1.82, 2.24) is 4.98 Å². The molecule has 0 saturated heterocycles. The number of carbonyl (C=O) groups is 1. The number of aromatic amines is 1. The number of nitrogens with zero attached hydrogens (tertiary/aromatic N) is 3. The number of hydrogen-bond acceptors (Lipinski definition) is 5. The van der Waals surface area contributed by atoms with E-state index in [-0.39, 0.29) is 0 Å². The smallest absolute Gasteiger partial charge is 0.152 e. The number of aldehydes is 1. The molecule has 0 aliphatic carbocycles. The number of carbonyl (C=O) groups excluding carboxylic acids is 1. The van der Waals surface area contributed by atoms with Crippen molar-refractivity contribution in [2.75, 3.05) is 0 Å². The van der Waals surface area contributed by atoms with E-state index in [1.807, 2.05) is 12.2 Å². The van der Waals surface area contributed by atoms with Crippen LogP contribution in [0.5, 0.6) is 0 Å². The largest absolute Gasteiger partial charge is 0.515 e. The van der Waals surface area contributed by atoms with Crippen LogP contribution < -0.4 is 10.7 Å². The Morgan fingerprint density at radius 3 is 1.70 bits per heavy atom. The number of nitrogens with one attached hydrogen (secondary N) is 1. The number of fused-ring (bicyclic) bond motifs is 5. The van der Waals surface area contributed by atoms with Crippen LogP contribution in [-0.4, -0.2) is 33.5 Å². The van der Waals surface area contributed by atoms with Gasteiger partial charge in [0.15, 0.2) is 6.29 Å². The Balaban J connectivity index is 1.91. The fourth-order valence-electron chi connectivity index (χ4n) is 6.38. The number of aliphatic hydroxyl groups excluding tert-OH is 1. The van der Waals surface area contributed by atoms with Crippen LogP contribution in [0.3, 0.4) is 0 Å². The minimum Gasteiger partial charge on any atom is -0.515 e. The van der Waals surface area contributed by atoms with E-state index in [2.05, 4.69) is 58.7 Å². The van der Waals surface area contributed by atoms with Crippen LogP contribution in [0.25, 0.3) is 12.2 Å². The summed E-state index contributed by atoms with van der Waals surface area (Å²) in [5.74, 6) is 0. The Labute approximate surface area is 236 Å². The minimum absolute atomic E-state index is 0.678. The van der Waals surface area contributed by atoms with Gasteiger partial charge in [-0.05, 0) is 96.3 Å². The first kappa shape index (κ1) is 27.5. The molecule has 0 radical (unpaired) electrons. The molecule has 1 aromatic rings. The van der Waals surface area contributed by atoms with Crippen molar-refractivity contribution < 1.29 is 9.90 Å². The SMILES string of the molecule is CCC1=C(CC)C2=NC1=CC1=C(CC)/C(=C/O)C(=N1)C=C1N=C(C=c3[nH]c(c(C=O)c3CC)=C2)C(CC)=C1CC. The highest BCUT2D eigenvalue weighted by Gasteiger charge is 2.27. The summed E-state index contributed by atoms with van der Waals surface area (Å²) in [5, 5.41) is 12.0. The monoisotopic (exact) mass is 534 g/mol. The van der Waals surface area contributed by atoms with Gasteiger partial charge >= 0.3 is 0 Å². The highest BCUT2D eigenvalue weighted by Crippen LogP contribution is 2.37. The second-order valence-corrected chi connectivity index (χ2v) is 10.2. The molecule has 0 spiro atoms. The van der Waals surface area contributed by atoms with Crippen LogP contribution in [0, 0.1) is 0 Å². The van der Waals surface area contributed by atoms with Crippen molar-refractivity contribution in [2.45, 2.75) is 80.1 Å². The molecule has 0 unspecified atom stereocenters. The quantitative estimate of drug-likeness (QED) is 0.312. The topological polar surface area (TPSA) is 90.2 Å². The maximum atomic E-state index is 12.4. The zero-order valence-corrected chi connectivity index (χ0v) is 24.4. The zero-order valence-electron chi connectivity index (χ0n) is 24.4. The van der Waals surface area contributed by atoms with Crippen LogP contribution in [0.1, 0.15) is 89.6 Å². The standard InChI is InChI=1S/C34H38N4O2/c1-7-19-21(9-3)29-15-33-26(18-40)24(12-6)32(38-33)14-28-20(8-2)22(10-4)30(36-28)16-34-25(17-39)23(11-5)31(37-34)13-27(19)35-29/h13-18,37,40H,7-12H2,1-6H3/b26-18-,28-14?,29-15?,31-13?,34-16?. The number of hydrogen-bond donors (Lipinski definition) is 2. The zero-order chi connectivity index (χ0) is 28.6. The number of rotatable bonds is 7. The molecule has 5 rings (SSSR count). The van der Waals surface area contributed by atoms with Crippen LogP contribution in [0.4, 0.5) is 0 Å². The molecule has 0 fully saturated rings. The molecule has 4 aliphatic heterocycles. The molecule has 0 saturated carbocycles. The summed E-state index contributed by atoms with van der Waals surface area (Å²) >= 11 is 0. The fraction of sp³-hybridized carbons (Fsp3) is 0.353. The molecule has 6 heteroatoms. The summed E-state index contributed by atoms with van der Waals surface area (Å²) < 4.78 is 0. The van der Waals surface area contributed by atoms with Gasteiger partial charge in [-0.25, -0.2) is 15.0 Å². The van der Waals surface area contributed by atoms with E-state index in [4.69, 9.17) is 15.0 Å². The third-order valence-corrected chi connectivity index (χ3v) is 8.29. The summed E-state index contributed by atoms with van der Waals surface area (Å²) in [5.41, 5.74) is 13.2. The van der Waals surface area contributed by atoms with Gasteiger partial charge in [0.2, 0.25) is 0 Å². The maximum absolute atomic E-state index is 12.4. The Morgan fingerprint density at radius 1 is 0.650 bits per heavy atom. The first-order valence-electron chi connectivity index (χ1n) is 14.6. The van der Waals surface area contributed by atoms with Crippen molar-refractivity contribution in [1.29, 1.82) is 0 Å². The predicted octanol–water partition coefficient (Wildman–Crippen LogP) is 6.44. The molecule has 40 heavy (non-hydrogen) atoms. The average Bonchev–Trinajstić information content (AvgIpc) is 3.67. The van der Waals surface area contributed by atoms with Gasteiger partial charge in [-0.1, -0.05) is 41.5 Å². The molecule has 0 aromatic carbocycles. The third kappa shape index (κ3) is 4.36. The van der Waals surface area contributed by atoms with Crippen LogP contribution >= 0.6 is 0 Å². The molecule has 5 heterocycles. The fourth-order valence-corrected chi connectivity index (χ4v) is 6.38. The molecule has 6 nitrogen and oxygen atoms in total. The molecule has 206 valence electrons. The molecule has 2 N–H and O–H groups in total. The van der Waals surface area contributed by atoms with Crippen molar-refractivity contribution in [3.8, 4) is 0 Å². The van der Waals surface area contributed by atoms with Gasteiger partial charge < -0.3 is 10.1 Å². The van der Waals surface area contributed by atoms with Crippen LogP contribution in [0.15, 0.2) is 83.9 Å². The van der Waals surface area contributed by atoms with Gasteiger partial charge in [-0.2, -0.15) is 0 Å². The molecule has 1 aromatic heterocycles. The van der Waals surface area contributed by atoms with E-state index in [0.717, 1.165) is 101 Å².